The molecule has 3 rings (SSSR count). The van der Waals surface area contributed by atoms with E-state index in [2.05, 4.69) is 30.9 Å². The molecule has 0 fully saturated rings. The van der Waals surface area contributed by atoms with Gasteiger partial charge in [0, 0.05) is 16.5 Å². The Kier molecular flexibility index (Phi) is 5.84. The van der Waals surface area contributed by atoms with E-state index in [1.807, 2.05) is 40.5 Å². The van der Waals surface area contributed by atoms with Gasteiger partial charge in [-0.25, -0.2) is 4.98 Å². The molecule has 0 bridgehead atoms. The number of carbonyl (C=O) groups excluding carboxylic acids is 1. The summed E-state index contributed by atoms with van der Waals surface area (Å²) in [5, 5.41) is 7.34. The van der Waals surface area contributed by atoms with Crippen LogP contribution in [0.4, 0.5) is 0 Å². The van der Waals surface area contributed by atoms with Crippen molar-refractivity contribution in [3.63, 3.8) is 0 Å². The van der Waals surface area contributed by atoms with Crippen molar-refractivity contribution in [2.75, 3.05) is 13.7 Å². The highest BCUT2D eigenvalue weighted by atomic mass is 32.1. The zero-order chi connectivity index (χ0) is 20.3. The lowest BCUT2D eigenvalue weighted by Crippen LogP contribution is -2.24. The lowest BCUT2D eigenvalue weighted by Gasteiger charge is -2.23. The van der Waals surface area contributed by atoms with E-state index in [0.717, 1.165) is 33.3 Å². The van der Waals surface area contributed by atoms with Crippen LogP contribution < -0.4 is 4.74 Å². The van der Waals surface area contributed by atoms with Gasteiger partial charge in [-0.1, -0.05) is 0 Å². The van der Waals surface area contributed by atoms with Crippen molar-refractivity contribution in [1.29, 1.82) is 0 Å². The van der Waals surface area contributed by atoms with Gasteiger partial charge in [0.25, 0.3) is 0 Å². The topological polar surface area (TPSA) is 66.2 Å². The predicted molar refractivity (Wildman–Crippen MR) is 111 cm³/mol. The third-order valence-corrected chi connectivity index (χ3v) is 5.05. The molecule has 0 N–H and O–H groups in total. The first kappa shape index (κ1) is 20.1. The van der Waals surface area contributed by atoms with Crippen molar-refractivity contribution in [1.82, 2.24) is 14.8 Å². The zero-order valence-electron chi connectivity index (χ0n) is 16.9. The molecule has 0 radical (unpaired) electrons. The molecule has 28 heavy (non-hydrogen) atoms. The highest BCUT2D eigenvalue weighted by molar-refractivity contribution is 7.10. The third kappa shape index (κ3) is 4.25. The first-order chi connectivity index (χ1) is 13.3. The third-order valence-electron chi connectivity index (χ3n) is 4.20. The van der Waals surface area contributed by atoms with Crippen LogP contribution >= 0.6 is 11.3 Å². The van der Waals surface area contributed by atoms with E-state index < -0.39 is 0 Å². The van der Waals surface area contributed by atoms with Gasteiger partial charge < -0.3 is 9.47 Å². The molecule has 2 heterocycles. The summed E-state index contributed by atoms with van der Waals surface area (Å²) in [5.41, 5.74) is 3.57. The molecule has 0 aliphatic heterocycles. The summed E-state index contributed by atoms with van der Waals surface area (Å²) in [6.07, 6.45) is 2.03. The average Bonchev–Trinajstić information content (AvgIpc) is 3.28. The fourth-order valence-electron chi connectivity index (χ4n) is 2.92. The Labute approximate surface area is 169 Å². The molecule has 0 saturated carbocycles. The zero-order valence-corrected chi connectivity index (χ0v) is 17.7. The fourth-order valence-corrected chi connectivity index (χ4v) is 3.70. The highest BCUT2D eigenvalue weighted by Gasteiger charge is 2.24. The summed E-state index contributed by atoms with van der Waals surface area (Å²) in [6, 6.07) is 7.92. The van der Waals surface area contributed by atoms with E-state index in [1.54, 1.807) is 14.0 Å². The molecule has 0 amide bonds. The molecule has 0 aliphatic rings. The van der Waals surface area contributed by atoms with Crippen LogP contribution in [0, 0.1) is 0 Å². The number of hydrogen-bond acceptors (Lipinski definition) is 6. The standard InChI is InChI=1S/C21H25N3O3S/c1-6-27-19(25)11-18-23-17(13-28-18)16-12-22-24(21(2,3)4)20(16)14-7-9-15(26-5)10-8-14/h7-10,12-13H,6,11H2,1-5H3. The normalized spacial score (nSPS) is 11.5. The van der Waals surface area contributed by atoms with Crippen LogP contribution in [0.3, 0.4) is 0 Å². The maximum Gasteiger partial charge on any atom is 0.312 e. The SMILES string of the molecule is CCOC(=O)Cc1nc(-c2cnn(C(C)(C)C)c2-c2ccc(OC)cc2)cs1. The molecule has 0 atom stereocenters. The van der Waals surface area contributed by atoms with Crippen molar-refractivity contribution in [3.05, 3.63) is 40.8 Å². The van der Waals surface area contributed by atoms with Gasteiger partial charge in [-0.3, -0.25) is 9.48 Å². The van der Waals surface area contributed by atoms with Crippen LogP contribution in [0.2, 0.25) is 0 Å². The minimum Gasteiger partial charge on any atom is -0.497 e. The number of benzene rings is 1. The Bertz CT molecular complexity index is 952. The van der Waals surface area contributed by atoms with Crippen LogP contribution in [-0.2, 0) is 21.5 Å². The van der Waals surface area contributed by atoms with Crippen LogP contribution in [0.1, 0.15) is 32.7 Å². The van der Waals surface area contributed by atoms with E-state index >= 15 is 0 Å². The van der Waals surface area contributed by atoms with E-state index in [4.69, 9.17) is 9.47 Å². The van der Waals surface area contributed by atoms with Gasteiger partial charge in [0.05, 0.1) is 43.3 Å². The molecular weight excluding hydrogens is 374 g/mol. The second kappa shape index (κ2) is 8.14. The van der Waals surface area contributed by atoms with Crippen LogP contribution in [0.15, 0.2) is 35.8 Å². The van der Waals surface area contributed by atoms with E-state index in [9.17, 15) is 4.79 Å². The number of ether oxygens (including phenoxy) is 2. The van der Waals surface area contributed by atoms with Gasteiger partial charge >= 0.3 is 5.97 Å². The Morgan fingerprint density at radius 1 is 1.21 bits per heavy atom. The Morgan fingerprint density at radius 2 is 1.93 bits per heavy atom. The molecule has 0 saturated heterocycles. The second-order valence-electron chi connectivity index (χ2n) is 7.33. The van der Waals surface area contributed by atoms with E-state index in [-0.39, 0.29) is 17.9 Å². The molecule has 7 heteroatoms. The minimum absolute atomic E-state index is 0.184. The van der Waals surface area contributed by atoms with Crippen molar-refractivity contribution in [3.8, 4) is 28.3 Å². The van der Waals surface area contributed by atoms with Crippen molar-refractivity contribution >= 4 is 17.3 Å². The Balaban J connectivity index is 2.03. The number of carbonyl (C=O) groups is 1. The number of nitrogens with zero attached hydrogens (tertiary/aromatic N) is 3. The number of aromatic nitrogens is 3. The second-order valence-corrected chi connectivity index (χ2v) is 8.27. The number of thiazole rings is 1. The molecule has 0 aliphatic carbocycles. The lowest BCUT2D eigenvalue weighted by atomic mass is 10.0. The number of methoxy groups -OCH3 is 1. The van der Waals surface area contributed by atoms with Crippen LogP contribution in [0.5, 0.6) is 5.75 Å². The largest absolute Gasteiger partial charge is 0.497 e. The molecule has 148 valence electrons. The predicted octanol–water partition coefficient (Wildman–Crippen LogP) is 4.54. The monoisotopic (exact) mass is 399 g/mol. The summed E-state index contributed by atoms with van der Waals surface area (Å²) in [7, 11) is 1.65. The quantitative estimate of drug-likeness (QED) is 0.569. The maximum atomic E-state index is 11.8. The Hall–Kier alpha value is -2.67. The molecule has 2 aromatic heterocycles. The summed E-state index contributed by atoms with van der Waals surface area (Å²) in [4.78, 5) is 16.4. The van der Waals surface area contributed by atoms with Gasteiger partial charge in [0.15, 0.2) is 0 Å². The fraction of sp³-hybridized carbons (Fsp3) is 0.381. The minimum atomic E-state index is -0.260. The maximum absolute atomic E-state index is 11.8. The molecule has 1 aromatic carbocycles. The smallest absolute Gasteiger partial charge is 0.312 e. The van der Waals surface area contributed by atoms with Crippen molar-refractivity contribution in [2.24, 2.45) is 0 Å². The lowest BCUT2D eigenvalue weighted by molar-refractivity contribution is -0.142. The molecule has 6 nitrogen and oxygen atoms in total. The van der Waals surface area contributed by atoms with Crippen molar-refractivity contribution < 1.29 is 14.3 Å². The molecule has 0 spiro atoms. The van der Waals surface area contributed by atoms with Gasteiger partial charge in [-0.05, 0) is 52.0 Å². The van der Waals surface area contributed by atoms with Gasteiger partial charge in [-0.2, -0.15) is 5.10 Å². The van der Waals surface area contributed by atoms with E-state index in [0.29, 0.717) is 6.61 Å². The molecule has 3 aromatic rings. The number of esters is 1. The molecular formula is C21H25N3O3S. The summed E-state index contributed by atoms with van der Waals surface area (Å²) >= 11 is 1.46. The van der Waals surface area contributed by atoms with Crippen LogP contribution in [0.25, 0.3) is 22.5 Å². The van der Waals surface area contributed by atoms with Gasteiger partial charge in [0.1, 0.15) is 10.8 Å². The summed E-state index contributed by atoms with van der Waals surface area (Å²) < 4.78 is 12.3. The highest BCUT2D eigenvalue weighted by Crippen LogP contribution is 2.36. The Morgan fingerprint density at radius 3 is 2.54 bits per heavy atom. The first-order valence-corrected chi connectivity index (χ1v) is 10.0. The number of rotatable bonds is 6. The van der Waals surface area contributed by atoms with Gasteiger partial charge in [-0.15, -0.1) is 11.3 Å². The molecule has 0 unspecified atom stereocenters. The average molecular weight is 400 g/mol. The summed E-state index contributed by atoms with van der Waals surface area (Å²) in [5.74, 6) is 0.543. The van der Waals surface area contributed by atoms with Crippen molar-refractivity contribution in [2.45, 2.75) is 39.7 Å². The van der Waals surface area contributed by atoms with E-state index in [1.165, 1.54) is 11.3 Å². The van der Waals surface area contributed by atoms with Gasteiger partial charge in [0.2, 0.25) is 0 Å². The first-order valence-electron chi connectivity index (χ1n) is 9.16. The number of hydrogen-bond donors (Lipinski definition) is 0. The van der Waals surface area contributed by atoms with Crippen LogP contribution in [-0.4, -0.2) is 34.5 Å². The summed E-state index contributed by atoms with van der Waals surface area (Å²) in [6.45, 7) is 8.52.